The monoisotopic (exact) mass is 266 g/mol. The van der Waals surface area contributed by atoms with Crippen LogP contribution in [0.1, 0.15) is 18.2 Å². The van der Waals surface area contributed by atoms with E-state index >= 15 is 0 Å². The molecule has 0 radical (unpaired) electrons. The third-order valence-corrected chi connectivity index (χ3v) is 3.60. The number of nitrogens with zero attached hydrogens (tertiary/aromatic N) is 3. The first-order chi connectivity index (χ1) is 8.74. The summed E-state index contributed by atoms with van der Waals surface area (Å²) in [5.74, 6) is 0.237. The molecule has 0 bridgehead atoms. The highest BCUT2D eigenvalue weighted by Gasteiger charge is 2.19. The van der Waals surface area contributed by atoms with Crippen LogP contribution in [0, 0.1) is 11.3 Å². The third kappa shape index (κ3) is 2.78. The molecule has 1 fully saturated rings. The Kier molecular flexibility index (Phi) is 4.12. The minimum absolute atomic E-state index is 0.134. The lowest BCUT2D eigenvalue weighted by atomic mass is 10.4. The van der Waals surface area contributed by atoms with E-state index in [4.69, 9.17) is 10.00 Å². The van der Waals surface area contributed by atoms with Crippen LogP contribution in [0.4, 0.5) is 10.9 Å². The minimum Gasteiger partial charge on any atom is -0.378 e. The van der Waals surface area contributed by atoms with Crippen molar-refractivity contribution in [3.63, 3.8) is 0 Å². The van der Waals surface area contributed by atoms with Crippen molar-refractivity contribution < 1.29 is 9.53 Å². The molecule has 0 aliphatic carbocycles. The molecule has 2 heterocycles. The fourth-order valence-electron chi connectivity index (χ4n) is 1.58. The van der Waals surface area contributed by atoms with E-state index in [-0.39, 0.29) is 5.91 Å². The summed E-state index contributed by atoms with van der Waals surface area (Å²) in [5, 5.41) is 12.5. The van der Waals surface area contributed by atoms with Gasteiger partial charge in [0.1, 0.15) is 6.07 Å². The number of ether oxygens (including phenoxy) is 1. The van der Waals surface area contributed by atoms with E-state index in [0.717, 1.165) is 18.2 Å². The Morgan fingerprint density at radius 2 is 2.33 bits per heavy atom. The Balaban J connectivity index is 2.17. The third-order valence-electron chi connectivity index (χ3n) is 2.58. The molecule has 1 saturated heterocycles. The van der Waals surface area contributed by atoms with Gasteiger partial charge in [-0.25, -0.2) is 4.98 Å². The van der Waals surface area contributed by atoms with Crippen LogP contribution in [-0.4, -0.2) is 37.2 Å². The minimum atomic E-state index is -0.134. The van der Waals surface area contributed by atoms with Gasteiger partial charge >= 0.3 is 0 Å². The number of hydrogen-bond donors (Lipinski definition) is 1. The van der Waals surface area contributed by atoms with Gasteiger partial charge in [-0.05, 0) is 0 Å². The van der Waals surface area contributed by atoms with Crippen molar-refractivity contribution in [2.24, 2.45) is 0 Å². The van der Waals surface area contributed by atoms with Crippen LogP contribution in [0.25, 0.3) is 0 Å². The van der Waals surface area contributed by atoms with Crippen molar-refractivity contribution in [3.05, 3.63) is 4.88 Å². The molecule has 1 aliphatic heterocycles. The zero-order valence-corrected chi connectivity index (χ0v) is 10.9. The van der Waals surface area contributed by atoms with Gasteiger partial charge in [-0.2, -0.15) is 5.26 Å². The molecule has 2 rings (SSSR count). The number of rotatable bonds is 3. The summed E-state index contributed by atoms with van der Waals surface area (Å²) < 4.78 is 5.27. The number of amides is 1. The lowest BCUT2D eigenvalue weighted by molar-refractivity contribution is -0.115. The molecule has 1 aromatic heterocycles. The van der Waals surface area contributed by atoms with Crippen LogP contribution in [-0.2, 0) is 9.53 Å². The zero-order valence-electron chi connectivity index (χ0n) is 10.1. The summed E-state index contributed by atoms with van der Waals surface area (Å²) in [5.41, 5.74) is 0. The number of carbonyl (C=O) groups excluding carboxylic acids is 1. The quantitative estimate of drug-likeness (QED) is 0.889. The summed E-state index contributed by atoms with van der Waals surface area (Å²) in [6, 6.07) is 2.07. The maximum absolute atomic E-state index is 11.3. The second-order valence-corrected chi connectivity index (χ2v) is 4.76. The smallest absolute Gasteiger partial charge is 0.225 e. The van der Waals surface area contributed by atoms with Gasteiger partial charge in [0, 0.05) is 19.5 Å². The molecule has 1 aliphatic rings. The van der Waals surface area contributed by atoms with Crippen LogP contribution < -0.4 is 10.2 Å². The SMILES string of the molecule is CCC(=O)Nc1nc(N2CCOCC2)sc1C#N. The molecule has 0 atom stereocenters. The number of carbonyl (C=O) groups is 1. The predicted octanol–water partition coefficient (Wildman–Crippen LogP) is 1.20. The highest BCUT2D eigenvalue weighted by Crippen LogP contribution is 2.29. The molecule has 0 aromatic carbocycles. The summed E-state index contributed by atoms with van der Waals surface area (Å²) >= 11 is 1.30. The Bertz CT molecular complexity index is 474. The summed E-state index contributed by atoms with van der Waals surface area (Å²) in [4.78, 5) is 18.2. The fraction of sp³-hybridized carbons (Fsp3) is 0.545. The first-order valence-corrected chi connectivity index (χ1v) is 6.59. The predicted molar refractivity (Wildman–Crippen MR) is 68.8 cm³/mol. The number of thiazole rings is 1. The second-order valence-electron chi connectivity index (χ2n) is 3.79. The van der Waals surface area contributed by atoms with Crippen molar-refractivity contribution in [2.45, 2.75) is 13.3 Å². The standard InChI is InChI=1S/C11H14N4O2S/c1-2-9(16)13-10-8(7-12)18-11(14-10)15-3-5-17-6-4-15/h2-6H2,1H3,(H,13,16). The topological polar surface area (TPSA) is 78.2 Å². The molecule has 0 spiro atoms. The lowest BCUT2D eigenvalue weighted by Crippen LogP contribution is -2.36. The highest BCUT2D eigenvalue weighted by atomic mass is 32.1. The molecule has 0 saturated carbocycles. The number of morpholine rings is 1. The summed E-state index contributed by atoms with van der Waals surface area (Å²) in [7, 11) is 0. The number of hydrogen-bond acceptors (Lipinski definition) is 6. The second kappa shape index (κ2) is 5.80. The Morgan fingerprint density at radius 1 is 1.61 bits per heavy atom. The number of anilines is 2. The van der Waals surface area contributed by atoms with Crippen molar-refractivity contribution in [3.8, 4) is 6.07 Å². The molecular weight excluding hydrogens is 252 g/mol. The van der Waals surface area contributed by atoms with Gasteiger partial charge in [-0.1, -0.05) is 18.3 Å². The van der Waals surface area contributed by atoms with Crippen molar-refractivity contribution in [1.82, 2.24) is 4.98 Å². The van der Waals surface area contributed by atoms with E-state index < -0.39 is 0 Å². The van der Waals surface area contributed by atoms with Gasteiger partial charge in [0.05, 0.1) is 13.2 Å². The zero-order chi connectivity index (χ0) is 13.0. The molecule has 96 valence electrons. The van der Waals surface area contributed by atoms with Gasteiger partial charge in [-0.15, -0.1) is 0 Å². The van der Waals surface area contributed by atoms with E-state index in [0.29, 0.717) is 30.3 Å². The number of nitriles is 1. The normalized spacial score (nSPS) is 15.2. The summed E-state index contributed by atoms with van der Waals surface area (Å²) in [6.45, 7) is 4.62. The number of nitrogens with one attached hydrogen (secondary N) is 1. The Labute approximate surface area is 109 Å². The first-order valence-electron chi connectivity index (χ1n) is 5.78. The van der Waals surface area contributed by atoms with Gasteiger partial charge in [0.2, 0.25) is 5.91 Å². The molecule has 0 unspecified atom stereocenters. The molecule has 1 aromatic rings. The molecule has 1 amide bonds. The highest BCUT2D eigenvalue weighted by molar-refractivity contribution is 7.16. The van der Waals surface area contributed by atoms with Crippen molar-refractivity contribution in [2.75, 3.05) is 36.5 Å². The molecule has 7 heteroatoms. The van der Waals surface area contributed by atoms with Crippen molar-refractivity contribution in [1.29, 1.82) is 5.26 Å². The fourth-order valence-corrected chi connectivity index (χ4v) is 2.45. The van der Waals surface area contributed by atoms with Gasteiger partial charge in [0.15, 0.2) is 15.8 Å². The van der Waals surface area contributed by atoms with Gasteiger partial charge < -0.3 is 15.0 Å². The first kappa shape index (κ1) is 12.8. The van der Waals surface area contributed by atoms with Crippen LogP contribution in [0.15, 0.2) is 0 Å². The Hall–Kier alpha value is -1.65. The average Bonchev–Trinajstić information content (AvgIpc) is 2.82. The van der Waals surface area contributed by atoms with E-state index in [9.17, 15) is 4.79 Å². The molecule has 18 heavy (non-hydrogen) atoms. The van der Waals surface area contributed by atoms with E-state index in [1.165, 1.54) is 11.3 Å². The van der Waals surface area contributed by atoms with Crippen LogP contribution in [0.2, 0.25) is 0 Å². The van der Waals surface area contributed by atoms with Gasteiger partial charge in [-0.3, -0.25) is 4.79 Å². The van der Waals surface area contributed by atoms with Crippen LogP contribution in [0.3, 0.4) is 0 Å². The average molecular weight is 266 g/mol. The summed E-state index contributed by atoms with van der Waals surface area (Å²) in [6.07, 6.45) is 0.370. The Morgan fingerprint density at radius 3 is 2.94 bits per heavy atom. The number of aromatic nitrogens is 1. The van der Waals surface area contributed by atoms with Crippen LogP contribution in [0.5, 0.6) is 0 Å². The van der Waals surface area contributed by atoms with Gasteiger partial charge in [0.25, 0.3) is 0 Å². The van der Waals surface area contributed by atoms with E-state index in [2.05, 4.69) is 21.3 Å². The van der Waals surface area contributed by atoms with Crippen molar-refractivity contribution >= 4 is 28.2 Å². The molecular formula is C11H14N4O2S. The molecule has 6 nitrogen and oxygen atoms in total. The lowest BCUT2D eigenvalue weighted by Gasteiger charge is -2.25. The van der Waals surface area contributed by atoms with E-state index in [1.807, 2.05) is 0 Å². The maximum atomic E-state index is 11.3. The maximum Gasteiger partial charge on any atom is 0.225 e. The largest absolute Gasteiger partial charge is 0.378 e. The van der Waals surface area contributed by atoms with E-state index in [1.54, 1.807) is 6.92 Å². The van der Waals surface area contributed by atoms with Crippen LogP contribution >= 0.6 is 11.3 Å². The molecule has 1 N–H and O–H groups in total.